The standard InChI is InChI=1S/C20H17ClF3N5O3S/c1-2-33(31,32)12-7-6-11(25-10-12)9-26-17-19(30)29(15-8-13(15)20(22,23)24)18-14(27-17)4-3-5-16(21)28-18/h3-4,6-7,10,13,15H,2,8-9H2,1H3,(H,26,27)/t13-,15-/m0/s1. The molecule has 13 heteroatoms. The lowest BCUT2D eigenvalue weighted by atomic mass is 10.3. The number of nitrogens with zero attached hydrogens (tertiary/aromatic N) is 4. The van der Waals surface area contributed by atoms with Crippen LogP contribution in [0.25, 0.3) is 6.08 Å². The summed E-state index contributed by atoms with van der Waals surface area (Å²) in [6, 6.07) is 1.76. The number of rotatable bonds is 6. The van der Waals surface area contributed by atoms with Gasteiger partial charge in [0.1, 0.15) is 5.35 Å². The molecule has 1 aliphatic heterocycles. The molecule has 0 unspecified atom stereocenters. The summed E-state index contributed by atoms with van der Waals surface area (Å²) < 4.78 is 64.4. The van der Waals surface area contributed by atoms with Gasteiger partial charge in [0.15, 0.2) is 26.3 Å². The van der Waals surface area contributed by atoms with Gasteiger partial charge in [-0.1, -0.05) is 24.3 Å². The van der Waals surface area contributed by atoms with E-state index in [1.54, 1.807) is 0 Å². The lowest BCUT2D eigenvalue weighted by molar-refractivity contribution is -0.150. The van der Waals surface area contributed by atoms with Gasteiger partial charge >= 0.3 is 6.18 Å². The molecule has 2 atom stereocenters. The van der Waals surface area contributed by atoms with Crippen LogP contribution < -0.4 is 21.7 Å². The van der Waals surface area contributed by atoms with E-state index in [1.165, 1.54) is 37.4 Å². The minimum Gasteiger partial charge on any atom is -0.360 e. The molecular weight excluding hydrogens is 483 g/mol. The largest absolute Gasteiger partial charge is 0.393 e. The molecule has 0 aromatic carbocycles. The maximum atomic E-state index is 13.2. The lowest BCUT2D eigenvalue weighted by Crippen LogP contribution is -2.46. The highest BCUT2D eigenvalue weighted by Crippen LogP contribution is 2.52. The van der Waals surface area contributed by atoms with E-state index in [9.17, 15) is 26.4 Å². The minimum atomic E-state index is -4.45. The molecule has 2 aliphatic rings. The maximum Gasteiger partial charge on any atom is 0.393 e. The molecule has 1 saturated carbocycles. The highest BCUT2D eigenvalue weighted by molar-refractivity contribution is 7.91. The van der Waals surface area contributed by atoms with E-state index < -0.39 is 33.5 Å². The first kappa shape index (κ1) is 23.2. The number of anilines is 1. The average molecular weight is 500 g/mol. The van der Waals surface area contributed by atoms with Crippen molar-refractivity contribution in [2.24, 2.45) is 10.9 Å². The average Bonchev–Trinajstić information content (AvgIpc) is 3.57. The quantitative estimate of drug-likeness (QED) is 0.480. The number of alkyl halides is 3. The number of halogens is 4. The molecule has 33 heavy (non-hydrogen) atoms. The van der Waals surface area contributed by atoms with Gasteiger partial charge < -0.3 is 5.32 Å². The number of hydrogen-bond donors (Lipinski definition) is 1. The van der Waals surface area contributed by atoms with Crippen molar-refractivity contribution < 1.29 is 21.6 Å². The number of pyridine rings is 1. The Balaban J connectivity index is 1.70. The summed E-state index contributed by atoms with van der Waals surface area (Å²) in [5.41, 5.74) is 2.18. The lowest BCUT2D eigenvalue weighted by Gasteiger charge is -2.12. The Bertz CT molecular complexity index is 1460. The van der Waals surface area contributed by atoms with Gasteiger partial charge in [0.25, 0.3) is 5.56 Å². The fraction of sp³-hybridized carbons (Fsp3) is 0.350. The van der Waals surface area contributed by atoms with E-state index >= 15 is 0 Å². The number of nitrogens with one attached hydrogen (secondary N) is 1. The molecule has 2 aromatic rings. The van der Waals surface area contributed by atoms with Crippen LogP contribution in [0.2, 0.25) is 0 Å². The molecule has 8 nitrogen and oxygen atoms in total. The van der Waals surface area contributed by atoms with Crippen molar-refractivity contribution in [1.29, 1.82) is 0 Å². The third-order valence-electron chi connectivity index (χ3n) is 5.24. The van der Waals surface area contributed by atoms with Gasteiger partial charge in [-0.05, 0) is 30.7 Å². The first-order valence-electron chi connectivity index (χ1n) is 9.83. The number of hydrogen-bond acceptors (Lipinski definition) is 7. The van der Waals surface area contributed by atoms with Gasteiger partial charge in [-0.3, -0.25) is 14.3 Å². The van der Waals surface area contributed by atoms with Crippen LogP contribution in [-0.4, -0.2) is 34.9 Å². The Morgan fingerprint density at radius 2 is 2.09 bits per heavy atom. The van der Waals surface area contributed by atoms with E-state index in [2.05, 4.69) is 26.0 Å². The SMILES string of the molecule is CCS(=O)(=O)c1ccc(CNc2nc3c(n([C@H]4C[C@@H]4C(F)(F)F)c2=O)=NC(Cl)=C=CC=3)nc1. The van der Waals surface area contributed by atoms with Crippen LogP contribution in [0.4, 0.5) is 19.0 Å². The fourth-order valence-electron chi connectivity index (χ4n) is 3.37. The Labute approximate surface area is 190 Å². The van der Waals surface area contributed by atoms with Crippen molar-refractivity contribution in [2.45, 2.75) is 37.0 Å². The van der Waals surface area contributed by atoms with Crippen LogP contribution in [-0.2, 0) is 16.4 Å². The fourth-order valence-corrected chi connectivity index (χ4v) is 4.34. The van der Waals surface area contributed by atoms with Gasteiger partial charge in [-0.25, -0.2) is 18.4 Å². The van der Waals surface area contributed by atoms with Crippen molar-refractivity contribution in [3.63, 3.8) is 0 Å². The van der Waals surface area contributed by atoms with Crippen molar-refractivity contribution in [3.8, 4) is 0 Å². The van der Waals surface area contributed by atoms with Crippen LogP contribution in [0, 0.1) is 5.92 Å². The van der Waals surface area contributed by atoms with Crippen molar-refractivity contribution in [2.75, 3.05) is 11.1 Å². The van der Waals surface area contributed by atoms with Crippen LogP contribution >= 0.6 is 11.6 Å². The molecule has 1 aliphatic carbocycles. The molecule has 1 fully saturated rings. The second-order valence-electron chi connectivity index (χ2n) is 7.42. The highest BCUT2D eigenvalue weighted by atomic mass is 35.5. The third-order valence-corrected chi connectivity index (χ3v) is 7.15. The van der Waals surface area contributed by atoms with E-state index in [-0.39, 0.29) is 45.4 Å². The summed E-state index contributed by atoms with van der Waals surface area (Å²) in [7, 11) is -3.41. The zero-order chi connectivity index (χ0) is 24.0. The van der Waals surface area contributed by atoms with Gasteiger partial charge in [0.05, 0.1) is 34.8 Å². The highest BCUT2D eigenvalue weighted by Gasteiger charge is 2.57. The number of aromatic nitrogens is 3. The normalized spacial score (nSPS) is 19.6. The van der Waals surface area contributed by atoms with Crippen LogP contribution in [0.3, 0.4) is 0 Å². The summed E-state index contributed by atoms with van der Waals surface area (Å²) in [5, 5.41) is 2.83. The van der Waals surface area contributed by atoms with Gasteiger partial charge in [-0.15, -0.1) is 0 Å². The topological polar surface area (TPSA) is 106 Å². The van der Waals surface area contributed by atoms with Gasteiger partial charge in [0.2, 0.25) is 0 Å². The molecule has 0 radical (unpaired) electrons. The van der Waals surface area contributed by atoms with Crippen LogP contribution in [0.5, 0.6) is 0 Å². The Morgan fingerprint density at radius 3 is 2.70 bits per heavy atom. The number of fused-ring (bicyclic) bond motifs is 1. The van der Waals surface area contributed by atoms with Crippen molar-refractivity contribution >= 4 is 33.3 Å². The van der Waals surface area contributed by atoms with E-state index in [1.807, 2.05) is 0 Å². The maximum absolute atomic E-state index is 13.2. The molecule has 4 rings (SSSR count). The second-order valence-corrected chi connectivity index (χ2v) is 10.1. The molecule has 0 saturated heterocycles. The monoisotopic (exact) mass is 499 g/mol. The van der Waals surface area contributed by atoms with E-state index in [4.69, 9.17) is 11.6 Å². The van der Waals surface area contributed by atoms with Crippen LogP contribution in [0.15, 0.2) is 50.0 Å². The molecule has 0 spiro atoms. The van der Waals surface area contributed by atoms with Gasteiger partial charge in [0, 0.05) is 6.20 Å². The summed E-state index contributed by atoms with van der Waals surface area (Å²) >= 11 is 5.92. The summed E-state index contributed by atoms with van der Waals surface area (Å²) in [6.45, 7) is 1.51. The Morgan fingerprint density at radius 1 is 1.33 bits per heavy atom. The van der Waals surface area contributed by atoms with E-state index in [0.29, 0.717) is 5.69 Å². The number of sulfone groups is 1. The van der Waals surface area contributed by atoms with Crippen molar-refractivity contribution in [1.82, 2.24) is 14.5 Å². The Kier molecular flexibility index (Phi) is 5.94. The summed E-state index contributed by atoms with van der Waals surface area (Å²) in [6.07, 6.45) is -0.639. The molecule has 2 aromatic heterocycles. The predicted molar refractivity (Wildman–Crippen MR) is 114 cm³/mol. The molecule has 0 amide bonds. The zero-order valence-electron chi connectivity index (χ0n) is 17.1. The molecule has 174 valence electrons. The van der Waals surface area contributed by atoms with Crippen LogP contribution in [0.1, 0.15) is 25.1 Å². The first-order chi connectivity index (χ1) is 15.5. The smallest absolute Gasteiger partial charge is 0.360 e. The van der Waals surface area contributed by atoms with E-state index in [0.717, 1.165) is 4.57 Å². The summed E-state index contributed by atoms with van der Waals surface area (Å²) in [5.74, 6) is -1.93. The van der Waals surface area contributed by atoms with Gasteiger partial charge in [-0.2, -0.15) is 13.2 Å². The first-order valence-corrected chi connectivity index (χ1v) is 11.9. The van der Waals surface area contributed by atoms with Crippen molar-refractivity contribution in [3.05, 3.63) is 62.2 Å². The zero-order valence-corrected chi connectivity index (χ0v) is 18.7. The predicted octanol–water partition coefficient (Wildman–Crippen LogP) is 1.82. The molecule has 1 N–H and O–H groups in total. The summed E-state index contributed by atoms with van der Waals surface area (Å²) in [4.78, 5) is 25.4. The molecule has 3 heterocycles. The minimum absolute atomic E-state index is 0.00711. The number of allylic oxidation sites excluding steroid dienone is 1. The molecule has 0 bridgehead atoms. The Hall–Kier alpha value is -2.95. The third kappa shape index (κ3) is 4.73. The second kappa shape index (κ2) is 8.44. The molecular formula is C20H17ClF3N5O3S.